The lowest BCUT2D eigenvalue weighted by atomic mass is 10.1. The number of ether oxygens (including phenoxy) is 1. The Kier molecular flexibility index (Phi) is 4.39. The van der Waals surface area contributed by atoms with E-state index in [9.17, 15) is 10.1 Å². The third kappa shape index (κ3) is 2.99. The molecule has 0 heterocycles. The van der Waals surface area contributed by atoms with Crippen molar-refractivity contribution in [1.29, 1.82) is 0 Å². The molecular formula is C15H14BrNO3. The van der Waals surface area contributed by atoms with Gasteiger partial charge in [-0.2, -0.15) is 0 Å². The van der Waals surface area contributed by atoms with Crippen LogP contribution in [0.15, 0.2) is 36.4 Å². The molecule has 0 amide bonds. The molecule has 0 radical (unpaired) electrons. The summed E-state index contributed by atoms with van der Waals surface area (Å²) >= 11 is 3.41. The molecule has 0 N–H and O–H groups in total. The quantitative estimate of drug-likeness (QED) is 0.453. The first kappa shape index (κ1) is 14.5. The monoisotopic (exact) mass is 335 g/mol. The lowest BCUT2D eigenvalue weighted by molar-refractivity contribution is -0.386. The van der Waals surface area contributed by atoms with E-state index in [1.165, 1.54) is 0 Å². The number of hydrogen-bond donors (Lipinski definition) is 0. The van der Waals surface area contributed by atoms with Crippen molar-refractivity contribution in [2.24, 2.45) is 0 Å². The third-order valence-corrected chi connectivity index (χ3v) is 3.67. The highest BCUT2D eigenvalue weighted by atomic mass is 79.9. The summed E-state index contributed by atoms with van der Waals surface area (Å²) < 4.78 is 5.67. The normalized spacial score (nSPS) is 10.3. The van der Waals surface area contributed by atoms with Crippen LogP contribution >= 0.6 is 15.9 Å². The molecule has 0 bridgehead atoms. The topological polar surface area (TPSA) is 52.4 Å². The molecule has 20 heavy (non-hydrogen) atoms. The first-order valence-electron chi connectivity index (χ1n) is 6.10. The summed E-state index contributed by atoms with van der Waals surface area (Å²) in [5.74, 6) is 0.863. The molecule has 0 atom stereocenters. The van der Waals surface area contributed by atoms with Gasteiger partial charge in [-0.15, -0.1) is 0 Å². The van der Waals surface area contributed by atoms with Crippen molar-refractivity contribution in [3.8, 4) is 11.5 Å². The fourth-order valence-corrected chi connectivity index (χ4v) is 2.59. The van der Waals surface area contributed by atoms with E-state index in [-0.39, 0.29) is 11.4 Å². The molecule has 0 aliphatic heterocycles. The van der Waals surface area contributed by atoms with Gasteiger partial charge in [0.1, 0.15) is 5.75 Å². The summed E-state index contributed by atoms with van der Waals surface area (Å²) in [4.78, 5) is 10.7. The van der Waals surface area contributed by atoms with Crippen LogP contribution in [0.5, 0.6) is 11.5 Å². The van der Waals surface area contributed by atoms with Crippen molar-refractivity contribution in [3.63, 3.8) is 0 Å². The van der Waals surface area contributed by atoms with Crippen molar-refractivity contribution < 1.29 is 9.66 Å². The molecule has 0 saturated carbocycles. The van der Waals surface area contributed by atoms with E-state index in [1.807, 2.05) is 25.1 Å². The van der Waals surface area contributed by atoms with Gasteiger partial charge in [0, 0.05) is 10.9 Å². The number of benzene rings is 2. The molecule has 4 nitrogen and oxygen atoms in total. The zero-order chi connectivity index (χ0) is 14.7. The van der Waals surface area contributed by atoms with E-state index in [1.54, 1.807) is 25.1 Å². The standard InChI is InChI=1S/C15H14BrNO3/c1-10-4-3-5-14(15(10)17(18)19)20-13-7-6-12(9-16)11(2)8-13/h3-8H,9H2,1-2H3. The van der Waals surface area contributed by atoms with Crippen LogP contribution < -0.4 is 4.74 Å². The van der Waals surface area contributed by atoms with Crippen molar-refractivity contribution in [2.45, 2.75) is 19.2 Å². The lowest BCUT2D eigenvalue weighted by Gasteiger charge is -2.09. The van der Waals surface area contributed by atoms with Gasteiger partial charge in [0.2, 0.25) is 5.75 Å². The van der Waals surface area contributed by atoms with E-state index in [4.69, 9.17) is 4.74 Å². The maximum absolute atomic E-state index is 11.1. The lowest BCUT2D eigenvalue weighted by Crippen LogP contribution is -1.96. The summed E-state index contributed by atoms with van der Waals surface area (Å²) in [6.07, 6.45) is 0. The molecule has 0 spiro atoms. The number of para-hydroxylation sites is 1. The minimum absolute atomic E-state index is 0.00900. The second kappa shape index (κ2) is 6.05. The number of halogens is 1. The van der Waals surface area contributed by atoms with Crippen molar-refractivity contribution in [3.05, 3.63) is 63.2 Å². The van der Waals surface area contributed by atoms with Gasteiger partial charge in [-0.3, -0.25) is 10.1 Å². The minimum Gasteiger partial charge on any atom is -0.450 e. The highest BCUT2D eigenvalue weighted by Gasteiger charge is 2.18. The Labute approximate surface area is 125 Å². The Bertz CT molecular complexity index is 656. The second-order valence-corrected chi connectivity index (χ2v) is 5.06. The summed E-state index contributed by atoms with van der Waals surface area (Å²) in [5, 5.41) is 11.9. The van der Waals surface area contributed by atoms with Crippen molar-refractivity contribution in [1.82, 2.24) is 0 Å². The Morgan fingerprint density at radius 2 is 1.95 bits per heavy atom. The van der Waals surface area contributed by atoms with E-state index in [2.05, 4.69) is 15.9 Å². The molecule has 0 aliphatic rings. The Morgan fingerprint density at radius 3 is 2.55 bits per heavy atom. The predicted molar refractivity (Wildman–Crippen MR) is 81.7 cm³/mol. The van der Waals surface area contributed by atoms with E-state index in [0.29, 0.717) is 11.3 Å². The first-order chi connectivity index (χ1) is 9.52. The summed E-state index contributed by atoms with van der Waals surface area (Å²) in [5.41, 5.74) is 2.83. The molecule has 0 fully saturated rings. The van der Waals surface area contributed by atoms with Crippen LogP contribution in [0.3, 0.4) is 0 Å². The van der Waals surface area contributed by atoms with Crippen LogP contribution in [0.25, 0.3) is 0 Å². The van der Waals surface area contributed by atoms with Crippen LogP contribution in [0.2, 0.25) is 0 Å². The van der Waals surface area contributed by atoms with Gasteiger partial charge < -0.3 is 4.74 Å². The van der Waals surface area contributed by atoms with E-state index in [0.717, 1.165) is 16.5 Å². The Balaban J connectivity index is 2.38. The highest BCUT2D eigenvalue weighted by Crippen LogP contribution is 2.34. The van der Waals surface area contributed by atoms with E-state index >= 15 is 0 Å². The van der Waals surface area contributed by atoms with Gasteiger partial charge in [0.25, 0.3) is 0 Å². The SMILES string of the molecule is Cc1cc(Oc2cccc(C)c2[N+](=O)[O-])ccc1CBr. The van der Waals surface area contributed by atoms with E-state index < -0.39 is 4.92 Å². The van der Waals surface area contributed by atoms with Gasteiger partial charge in [0.15, 0.2) is 0 Å². The zero-order valence-electron chi connectivity index (χ0n) is 11.2. The van der Waals surface area contributed by atoms with Crippen LogP contribution in [0.4, 0.5) is 5.69 Å². The second-order valence-electron chi connectivity index (χ2n) is 4.50. The first-order valence-corrected chi connectivity index (χ1v) is 7.22. The average molecular weight is 336 g/mol. The molecular weight excluding hydrogens is 322 g/mol. The summed E-state index contributed by atoms with van der Waals surface area (Å²) in [7, 11) is 0. The Morgan fingerprint density at radius 1 is 1.20 bits per heavy atom. The number of aryl methyl sites for hydroxylation is 2. The number of nitrogens with zero attached hydrogens (tertiary/aromatic N) is 1. The third-order valence-electron chi connectivity index (χ3n) is 3.07. The highest BCUT2D eigenvalue weighted by molar-refractivity contribution is 9.08. The molecule has 5 heteroatoms. The van der Waals surface area contributed by atoms with Crippen molar-refractivity contribution in [2.75, 3.05) is 0 Å². The minimum atomic E-state index is -0.412. The molecule has 0 aromatic heterocycles. The average Bonchev–Trinajstić information content (AvgIpc) is 2.38. The zero-order valence-corrected chi connectivity index (χ0v) is 12.8. The number of hydrogen-bond acceptors (Lipinski definition) is 3. The molecule has 2 rings (SSSR count). The molecule has 2 aromatic rings. The van der Waals surface area contributed by atoms with Crippen LogP contribution in [0, 0.1) is 24.0 Å². The van der Waals surface area contributed by atoms with Gasteiger partial charge in [-0.25, -0.2) is 0 Å². The van der Waals surface area contributed by atoms with Crippen LogP contribution in [-0.4, -0.2) is 4.92 Å². The summed E-state index contributed by atoms with van der Waals surface area (Å²) in [6.45, 7) is 3.68. The number of nitro benzene ring substituents is 1. The van der Waals surface area contributed by atoms with Crippen LogP contribution in [-0.2, 0) is 5.33 Å². The smallest absolute Gasteiger partial charge is 0.314 e. The van der Waals surface area contributed by atoms with Gasteiger partial charge in [-0.05, 0) is 43.2 Å². The maximum atomic E-state index is 11.1. The number of nitro groups is 1. The molecule has 0 unspecified atom stereocenters. The van der Waals surface area contributed by atoms with Crippen LogP contribution in [0.1, 0.15) is 16.7 Å². The summed E-state index contributed by atoms with van der Waals surface area (Å²) in [6, 6.07) is 10.7. The Hall–Kier alpha value is -1.88. The fourth-order valence-electron chi connectivity index (χ4n) is 1.96. The maximum Gasteiger partial charge on any atom is 0.314 e. The molecule has 0 saturated heterocycles. The fraction of sp³-hybridized carbons (Fsp3) is 0.200. The van der Waals surface area contributed by atoms with Gasteiger partial charge in [0.05, 0.1) is 4.92 Å². The molecule has 0 aliphatic carbocycles. The predicted octanol–water partition coefficient (Wildman–Crippen LogP) is 4.90. The molecule has 104 valence electrons. The van der Waals surface area contributed by atoms with Gasteiger partial charge in [-0.1, -0.05) is 34.1 Å². The number of alkyl halides is 1. The van der Waals surface area contributed by atoms with Gasteiger partial charge >= 0.3 is 5.69 Å². The van der Waals surface area contributed by atoms with Crippen molar-refractivity contribution >= 4 is 21.6 Å². The largest absolute Gasteiger partial charge is 0.450 e. The number of rotatable bonds is 4. The molecule has 2 aromatic carbocycles.